The van der Waals surface area contributed by atoms with E-state index in [1.54, 1.807) is 0 Å². The topological polar surface area (TPSA) is 61.5 Å². The number of benzene rings is 1. The van der Waals surface area contributed by atoms with Gasteiger partial charge in [-0.1, -0.05) is 19.9 Å². The minimum atomic E-state index is 0.303. The van der Waals surface area contributed by atoms with Crippen LogP contribution < -0.4 is 0 Å². The monoisotopic (exact) mass is 500 g/mol. The molecule has 2 aromatic heterocycles. The number of rotatable bonds is 5. The Balaban J connectivity index is 1.18. The van der Waals surface area contributed by atoms with Gasteiger partial charge in [0.1, 0.15) is 0 Å². The van der Waals surface area contributed by atoms with Crippen LogP contribution in [0.4, 0.5) is 0 Å². The molecule has 0 saturated carbocycles. The predicted molar refractivity (Wildman–Crippen MR) is 148 cm³/mol. The number of carbonyl (C=O) groups excluding carboxylic acids is 1. The van der Waals surface area contributed by atoms with Crippen molar-refractivity contribution in [3.63, 3.8) is 0 Å². The van der Waals surface area contributed by atoms with E-state index >= 15 is 0 Å². The van der Waals surface area contributed by atoms with E-state index in [1.165, 1.54) is 33.3 Å². The molecule has 3 aliphatic heterocycles. The Morgan fingerprint density at radius 3 is 2.35 bits per heavy atom. The Morgan fingerprint density at radius 1 is 1.03 bits per heavy atom. The Kier molecular flexibility index (Phi) is 6.58. The van der Waals surface area contributed by atoms with Crippen molar-refractivity contribution in [2.24, 2.45) is 0 Å². The van der Waals surface area contributed by atoms with E-state index in [0.717, 1.165) is 50.2 Å². The van der Waals surface area contributed by atoms with Gasteiger partial charge >= 0.3 is 0 Å². The summed E-state index contributed by atoms with van der Waals surface area (Å²) in [7, 11) is 0. The third kappa shape index (κ3) is 4.70. The summed E-state index contributed by atoms with van der Waals surface area (Å²) < 4.78 is 5.67. The zero-order valence-corrected chi connectivity index (χ0v) is 22.7. The number of pyridine rings is 1. The normalized spacial score (nSPS) is 22.9. The van der Waals surface area contributed by atoms with E-state index in [9.17, 15) is 4.79 Å². The van der Waals surface area contributed by atoms with Crippen LogP contribution in [0.5, 0.6) is 0 Å². The van der Waals surface area contributed by atoms with Gasteiger partial charge in [0.05, 0.1) is 37.5 Å². The molecule has 5 heterocycles. The number of aryl methyl sites for hydroxylation is 2. The minimum Gasteiger partial charge on any atom is -0.377 e. The molecule has 3 saturated heterocycles. The van der Waals surface area contributed by atoms with Crippen molar-refractivity contribution in [1.29, 1.82) is 0 Å². The molecule has 37 heavy (non-hydrogen) atoms. The first kappa shape index (κ1) is 24.6. The summed E-state index contributed by atoms with van der Waals surface area (Å²) in [6, 6.07) is 12.0. The van der Waals surface area contributed by atoms with Crippen LogP contribution in [0.3, 0.4) is 0 Å². The predicted octanol–water partition coefficient (Wildman–Crippen LogP) is 5.54. The number of aromatic nitrogens is 2. The van der Waals surface area contributed by atoms with Gasteiger partial charge in [0, 0.05) is 27.9 Å². The maximum Gasteiger partial charge on any atom is 0.237 e. The Labute approximate surface area is 220 Å². The second kappa shape index (κ2) is 9.88. The number of likely N-dealkylation sites (tertiary alicyclic amines) is 1. The quantitative estimate of drug-likeness (QED) is 0.500. The van der Waals surface area contributed by atoms with E-state index in [2.05, 4.69) is 77.8 Å². The molecule has 6 rings (SSSR count). The highest BCUT2D eigenvalue weighted by molar-refractivity contribution is 5.92. The number of carbonyl (C=O) groups is 1. The number of aromatic amines is 1. The van der Waals surface area contributed by atoms with Gasteiger partial charge in [-0.15, -0.1) is 0 Å². The fourth-order valence-electron chi connectivity index (χ4n) is 7.02. The smallest absolute Gasteiger partial charge is 0.237 e. The summed E-state index contributed by atoms with van der Waals surface area (Å²) in [5, 5.41) is 1.34. The Bertz CT molecular complexity index is 1270. The molecule has 3 aromatic rings. The molecule has 2 atom stereocenters. The van der Waals surface area contributed by atoms with Crippen LogP contribution in [0.2, 0.25) is 0 Å². The number of nitrogens with zero attached hydrogens (tertiary/aromatic N) is 3. The molecule has 6 heteroatoms. The molecule has 0 spiro atoms. The van der Waals surface area contributed by atoms with Crippen molar-refractivity contribution in [2.75, 3.05) is 32.8 Å². The molecule has 1 aromatic carbocycles. The molecule has 2 unspecified atom stereocenters. The van der Waals surface area contributed by atoms with Crippen LogP contribution >= 0.6 is 0 Å². The van der Waals surface area contributed by atoms with E-state index in [0.29, 0.717) is 49.6 Å². The lowest BCUT2D eigenvalue weighted by molar-refractivity contribution is -0.142. The van der Waals surface area contributed by atoms with Crippen molar-refractivity contribution in [3.8, 4) is 11.3 Å². The van der Waals surface area contributed by atoms with Gasteiger partial charge in [-0.25, -0.2) is 0 Å². The first-order chi connectivity index (χ1) is 17.9. The first-order valence-electron chi connectivity index (χ1n) is 14.1. The molecule has 3 aliphatic rings. The average Bonchev–Trinajstić information content (AvgIpc) is 3.38. The van der Waals surface area contributed by atoms with Gasteiger partial charge in [-0.3, -0.25) is 14.7 Å². The van der Waals surface area contributed by atoms with E-state index in [4.69, 9.17) is 4.74 Å². The third-order valence-corrected chi connectivity index (χ3v) is 8.76. The summed E-state index contributed by atoms with van der Waals surface area (Å²) >= 11 is 0. The van der Waals surface area contributed by atoms with Crippen molar-refractivity contribution in [2.45, 2.75) is 77.3 Å². The summed E-state index contributed by atoms with van der Waals surface area (Å²) in [5.41, 5.74) is 8.58. The standard InChI is InChI=1S/C31H40N4O2/c1-19(2)30-27-15-23(5-8-28(27)33-31(30)24-13-20(3)32-21(4)14-24)22-9-11-34(12-10-22)16-29(36)35-25-6-7-26(35)18-37-17-25/h5,8,13-15,19,22,25-26,33H,6-7,9-12,16-18H2,1-4H3. The number of H-pyrrole nitrogens is 1. The van der Waals surface area contributed by atoms with Crippen LogP contribution in [-0.2, 0) is 9.53 Å². The van der Waals surface area contributed by atoms with Gasteiger partial charge in [0.2, 0.25) is 5.91 Å². The van der Waals surface area contributed by atoms with Crippen molar-refractivity contribution in [1.82, 2.24) is 19.8 Å². The van der Waals surface area contributed by atoms with Gasteiger partial charge in [0.25, 0.3) is 0 Å². The van der Waals surface area contributed by atoms with Crippen LogP contribution in [0.25, 0.3) is 22.2 Å². The Hall–Kier alpha value is -2.70. The van der Waals surface area contributed by atoms with Gasteiger partial charge in [0.15, 0.2) is 0 Å². The highest BCUT2D eigenvalue weighted by atomic mass is 16.5. The second-order valence-corrected chi connectivity index (χ2v) is 11.8. The van der Waals surface area contributed by atoms with Crippen LogP contribution in [0.15, 0.2) is 30.3 Å². The molecule has 0 radical (unpaired) electrons. The maximum atomic E-state index is 13.1. The molecular weight excluding hydrogens is 460 g/mol. The van der Waals surface area contributed by atoms with Crippen LogP contribution in [-0.4, -0.2) is 70.6 Å². The first-order valence-corrected chi connectivity index (χ1v) is 14.1. The van der Waals surface area contributed by atoms with Gasteiger partial charge in [-0.05, 0) is 99.8 Å². The van der Waals surface area contributed by atoms with E-state index in [-0.39, 0.29) is 0 Å². The SMILES string of the molecule is Cc1cc(-c2[nH]c3ccc(C4CCN(CC(=O)N5C6CCC5COC6)CC4)cc3c2C(C)C)cc(C)n1. The molecule has 0 aliphatic carbocycles. The zero-order valence-electron chi connectivity index (χ0n) is 22.7. The largest absolute Gasteiger partial charge is 0.377 e. The van der Waals surface area contributed by atoms with Crippen LogP contribution in [0, 0.1) is 13.8 Å². The van der Waals surface area contributed by atoms with Crippen molar-refractivity contribution >= 4 is 16.8 Å². The van der Waals surface area contributed by atoms with E-state index < -0.39 is 0 Å². The molecular formula is C31H40N4O2. The summed E-state index contributed by atoms with van der Waals surface area (Å²) in [4.78, 5) is 25.9. The molecule has 196 valence electrons. The number of hydrogen-bond acceptors (Lipinski definition) is 4. The zero-order chi connectivity index (χ0) is 25.7. The van der Waals surface area contributed by atoms with Crippen molar-refractivity contribution < 1.29 is 9.53 Å². The molecule has 1 amide bonds. The molecule has 2 bridgehead atoms. The van der Waals surface area contributed by atoms with Crippen molar-refractivity contribution in [3.05, 3.63) is 52.8 Å². The summed E-state index contributed by atoms with van der Waals surface area (Å²) in [6.45, 7) is 12.7. The highest BCUT2D eigenvalue weighted by Gasteiger charge is 2.40. The summed E-state index contributed by atoms with van der Waals surface area (Å²) in [5.74, 6) is 1.26. The highest BCUT2D eigenvalue weighted by Crippen LogP contribution is 2.38. The van der Waals surface area contributed by atoms with Gasteiger partial charge < -0.3 is 14.6 Å². The van der Waals surface area contributed by atoms with Crippen LogP contribution in [0.1, 0.15) is 73.9 Å². The number of morpholine rings is 1. The maximum absolute atomic E-state index is 13.1. The average molecular weight is 501 g/mol. The number of nitrogens with one attached hydrogen (secondary N) is 1. The third-order valence-electron chi connectivity index (χ3n) is 8.76. The number of hydrogen-bond donors (Lipinski definition) is 1. The second-order valence-electron chi connectivity index (χ2n) is 11.8. The molecule has 1 N–H and O–H groups in total. The van der Waals surface area contributed by atoms with E-state index in [1.807, 2.05) is 0 Å². The Morgan fingerprint density at radius 2 is 1.70 bits per heavy atom. The summed E-state index contributed by atoms with van der Waals surface area (Å²) in [6.07, 6.45) is 4.40. The lowest BCUT2D eigenvalue weighted by Crippen LogP contribution is -2.52. The number of amides is 1. The number of fused-ring (bicyclic) bond motifs is 3. The lowest BCUT2D eigenvalue weighted by Gasteiger charge is -2.37. The van der Waals surface area contributed by atoms with Gasteiger partial charge in [-0.2, -0.15) is 0 Å². The fourth-order valence-corrected chi connectivity index (χ4v) is 7.02. The lowest BCUT2D eigenvalue weighted by atomic mass is 9.87. The number of ether oxygens (including phenoxy) is 1. The minimum absolute atomic E-state index is 0.303. The molecule has 6 nitrogen and oxygen atoms in total. The molecule has 3 fully saturated rings. The number of piperidine rings is 1. The fraction of sp³-hybridized carbons (Fsp3) is 0.548.